The van der Waals surface area contributed by atoms with E-state index >= 15 is 0 Å². The molecule has 0 fully saturated rings. The molecule has 0 aromatic heterocycles. The molecule has 93 valence electrons. The molecular weight excluding hydrogens is 224 g/mol. The van der Waals surface area contributed by atoms with Crippen molar-refractivity contribution in [3.8, 4) is 11.5 Å². The summed E-state index contributed by atoms with van der Waals surface area (Å²) in [5, 5.41) is 0. The third kappa shape index (κ3) is 4.13. The van der Waals surface area contributed by atoms with Gasteiger partial charge in [0.05, 0.1) is 6.61 Å². The number of ether oxygens (including phenoxy) is 2. The number of para-hydroxylation sites is 2. The number of benzene rings is 2. The predicted octanol–water partition coefficient (Wildman–Crippen LogP) is 4.09. The third-order valence-corrected chi connectivity index (χ3v) is 2.50. The summed E-state index contributed by atoms with van der Waals surface area (Å²) in [6.07, 6.45) is 1.74. The maximum Gasteiger partial charge on any atom is 0.149 e. The predicted molar refractivity (Wildman–Crippen MR) is 72.5 cm³/mol. The molecule has 2 aromatic rings. The zero-order chi connectivity index (χ0) is 12.6. The van der Waals surface area contributed by atoms with Crippen LogP contribution in [0.1, 0.15) is 13.3 Å². The van der Waals surface area contributed by atoms with Gasteiger partial charge < -0.3 is 9.47 Å². The van der Waals surface area contributed by atoms with Crippen molar-refractivity contribution in [1.82, 2.24) is 0 Å². The van der Waals surface area contributed by atoms with Gasteiger partial charge in [-0.1, -0.05) is 36.4 Å². The van der Waals surface area contributed by atoms with E-state index in [0.717, 1.165) is 24.0 Å². The van der Waals surface area contributed by atoms with Crippen LogP contribution in [0.5, 0.6) is 11.5 Å². The lowest BCUT2D eigenvalue weighted by atomic mass is 10.3. The summed E-state index contributed by atoms with van der Waals surface area (Å²) in [4.78, 5) is 0. The van der Waals surface area contributed by atoms with Crippen molar-refractivity contribution in [2.75, 3.05) is 6.61 Å². The topological polar surface area (TPSA) is 18.5 Å². The van der Waals surface area contributed by atoms with E-state index in [0.29, 0.717) is 6.61 Å². The Balaban J connectivity index is 1.71. The second kappa shape index (κ2) is 6.70. The van der Waals surface area contributed by atoms with Crippen molar-refractivity contribution in [2.24, 2.45) is 0 Å². The van der Waals surface area contributed by atoms with E-state index in [1.165, 1.54) is 0 Å². The molecular formula is C16H17O2. The monoisotopic (exact) mass is 241 g/mol. The van der Waals surface area contributed by atoms with Gasteiger partial charge in [0.2, 0.25) is 0 Å². The highest BCUT2D eigenvalue weighted by Gasteiger charge is 2.05. The smallest absolute Gasteiger partial charge is 0.149 e. The van der Waals surface area contributed by atoms with Gasteiger partial charge in [0.1, 0.15) is 17.6 Å². The maximum atomic E-state index is 5.69. The van der Waals surface area contributed by atoms with Crippen molar-refractivity contribution in [1.29, 1.82) is 0 Å². The molecule has 0 aliphatic rings. The van der Waals surface area contributed by atoms with Gasteiger partial charge in [0.25, 0.3) is 0 Å². The van der Waals surface area contributed by atoms with Crippen LogP contribution in [0.25, 0.3) is 0 Å². The van der Waals surface area contributed by atoms with Crippen molar-refractivity contribution < 1.29 is 9.47 Å². The van der Waals surface area contributed by atoms with E-state index in [1.807, 2.05) is 67.6 Å². The van der Waals surface area contributed by atoms with Crippen molar-refractivity contribution >= 4 is 0 Å². The zero-order valence-corrected chi connectivity index (χ0v) is 10.5. The lowest BCUT2D eigenvalue weighted by Crippen LogP contribution is -2.08. The summed E-state index contributed by atoms with van der Waals surface area (Å²) in [7, 11) is 0. The van der Waals surface area contributed by atoms with E-state index in [2.05, 4.69) is 0 Å². The minimum Gasteiger partial charge on any atom is -0.493 e. The quantitative estimate of drug-likeness (QED) is 0.758. The van der Waals surface area contributed by atoms with Gasteiger partial charge in [-0.2, -0.15) is 0 Å². The molecule has 2 heteroatoms. The molecule has 0 aliphatic carbocycles. The Morgan fingerprint density at radius 2 is 1.39 bits per heavy atom. The first-order chi connectivity index (χ1) is 8.84. The maximum absolute atomic E-state index is 5.69. The second-order valence-electron chi connectivity index (χ2n) is 4.03. The highest BCUT2D eigenvalue weighted by atomic mass is 16.5. The molecule has 0 N–H and O–H groups in total. The first kappa shape index (κ1) is 12.5. The number of rotatable bonds is 6. The molecule has 0 aliphatic heterocycles. The van der Waals surface area contributed by atoms with Crippen LogP contribution >= 0.6 is 0 Å². The Morgan fingerprint density at radius 3 is 2.00 bits per heavy atom. The molecule has 0 saturated heterocycles. The molecule has 0 saturated carbocycles. The van der Waals surface area contributed by atoms with E-state index in [9.17, 15) is 0 Å². The van der Waals surface area contributed by atoms with Crippen LogP contribution in [-0.2, 0) is 0 Å². The van der Waals surface area contributed by atoms with E-state index in [-0.39, 0.29) is 0 Å². The van der Waals surface area contributed by atoms with Crippen LogP contribution in [0.15, 0.2) is 60.7 Å². The lowest BCUT2D eigenvalue weighted by molar-refractivity contribution is 0.253. The fourth-order valence-corrected chi connectivity index (χ4v) is 1.57. The average molecular weight is 241 g/mol. The molecule has 0 atom stereocenters. The molecule has 1 radical (unpaired) electrons. The summed E-state index contributed by atoms with van der Waals surface area (Å²) < 4.78 is 11.3. The van der Waals surface area contributed by atoms with E-state index in [4.69, 9.17) is 9.47 Å². The minimum atomic E-state index is 0.628. The molecule has 0 amide bonds. The van der Waals surface area contributed by atoms with Gasteiger partial charge >= 0.3 is 0 Å². The van der Waals surface area contributed by atoms with Gasteiger partial charge in [-0.05, 0) is 31.2 Å². The molecule has 2 aromatic carbocycles. The van der Waals surface area contributed by atoms with Crippen molar-refractivity contribution in [2.45, 2.75) is 13.3 Å². The van der Waals surface area contributed by atoms with E-state index < -0.39 is 0 Å². The van der Waals surface area contributed by atoms with Crippen molar-refractivity contribution in [3.63, 3.8) is 0 Å². The Kier molecular flexibility index (Phi) is 4.65. The zero-order valence-electron chi connectivity index (χ0n) is 10.5. The van der Waals surface area contributed by atoms with Crippen LogP contribution < -0.4 is 9.47 Å². The van der Waals surface area contributed by atoms with Gasteiger partial charge in [-0.15, -0.1) is 0 Å². The first-order valence-corrected chi connectivity index (χ1v) is 6.08. The number of hydrogen-bond donors (Lipinski definition) is 0. The largest absolute Gasteiger partial charge is 0.493 e. The lowest BCUT2D eigenvalue weighted by Gasteiger charge is -2.13. The van der Waals surface area contributed by atoms with Gasteiger partial charge in [0, 0.05) is 6.42 Å². The number of hydrogen-bond acceptors (Lipinski definition) is 2. The highest BCUT2D eigenvalue weighted by molar-refractivity contribution is 5.22. The van der Waals surface area contributed by atoms with E-state index in [1.54, 1.807) is 0 Å². The molecule has 0 bridgehead atoms. The Hall–Kier alpha value is -1.96. The van der Waals surface area contributed by atoms with Crippen LogP contribution in [0.4, 0.5) is 0 Å². The van der Waals surface area contributed by atoms with Crippen LogP contribution in [0, 0.1) is 6.10 Å². The molecule has 0 unspecified atom stereocenters. The fraction of sp³-hybridized carbons (Fsp3) is 0.188. The fourth-order valence-electron chi connectivity index (χ4n) is 1.57. The second-order valence-corrected chi connectivity index (χ2v) is 4.03. The summed E-state index contributed by atoms with van der Waals surface area (Å²) in [6.45, 7) is 2.60. The van der Waals surface area contributed by atoms with Gasteiger partial charge in [-0.3, -0.25) is 0 Å². The molecule has 2 nitrogen and oxygen atoms in total. The normalized spacial score (nSPS) is 10.3. The van der Waals surface area contributed by atoms with Crippen molar-refractivity contribution in [3.05, 3.63) is 66.8 Å². The summed E-state index contributed by atoms with van der Waals surface area (Å²) in [5.41, 5.74) is 0. The van der Waals surface area contributed by atoms with Crippen LogP contribution in [0.2, 0.25) is 0 Å². The SMILES string of the molecule is C[C](CCOc1ccccc1)Oc1ccccc1. The molecule has 18 heavy (non-hydrogen) atoms. The first-order valence-electron chi connectivity index (χ1n) is 6.08. The van der Waals surface area contributed by atoms with Crippen LogP contribution in [0.3, 0.4) is 0 Å². The molecule has 2 rings (SSSR count). The van der Waals surface area contributed by atoms with Gasteiger partial charge in [-0.25, -0.2) is 0 Å². The average Bonchev–Trinajstić information content (AvgIpc) is 2.41. The minimum absolute atomic E-state index is 0.628. The Bertz CT molecular complexity index is 439. The van der Waals surface area contributed by atoms with Gasteiger partial charge in [0.15, 0.2) is 0 Å². The Labute approximate surface area is 108 Å². The summed E-state index contributed by atoms with van der Waals surface area (Å²) >= 11 is 0. The molecule has 0 heterocycles. The van der Waals surface area contributed by atoms with Crippen LogP contribution in [-0.4, -0.2) is 6.61 Å². The molecule has 0 spiro atoms. The third-order valence-electron chi connectivity index (χ3n) is 2.50. The summed E-state index contributed by atoms with van der Waals surface area (Å²) in [6, 6.07) is 19.6. The highest BCUT2D eigenvalue weighted by Crippen LogP contribution is 2.17. The Morgan fingerprint density at radius 1 is 0.833 bits per heavy atom. The standard InChI is InChI=1S/C16H17O2/c1-14(18-16-10-6-3-7-11-16)12-13-17-15-8-4-2-5-9-15/h2-11H,12-13H2,1H3. The summed E-state index contributed by atoms with van der Waals surface area (Å²) in [5.74, 6) is 1.76.